The Bertz CT molecular complexity index is 747. The monoisotopic (exact) mass is 426 g/mol. The van der Waals surface area contributed by atoms with Crippen LogP contribution in [0.15, 0.2) is 23.5 Å². The predicted octanol–water partition coefficient (Wildman–Crippen LogP) is -0.788. The Labute approximate surface area is 174 Å². The van der Waals surface area contributed by atoms with Gasteiger partial charge in [0.05, 0.1) is 24.4 Å². The first-order valence-corrected chi connectivity index (χ1v) is 10.4. The number of ether oxygens (including phenoxy) is 3. The molecule has 0 spiro atoms. The minimum atomic E-state index is -1.53. The van der Waals surface area contributed by atoms with Crippen molar-refractivity contribution in [2.45, 2.75) is 69.6 Å². The van der Waals surface area contributed by atoms with Crippen LogP contribution in [0.4, 0.5) is 0 Å². The minimum Gasteiger partial charge on any atom is -0.466 e. The molecular weight excluding hydrogens is 396 g/mol. The topological polar surface area (TPSA) is 146 Å². The van der Waals surface area contributed by atoms with Crippen molar-refractivity contribution in [3.8, 4) is 0 Å². The summed E-state index contributed by atoms with van der Waals surface area (Å²) in [6, 6.07) is 0. The van der Waals surface area contributed by atoms with Crippen molar-refractivity contribution >= 4 is 5.97 Å². The molecule has 2 heterocycles. The Hall–Kier alpha value is -1.49. The molecule has 4 rings (SSSR count). The summed E-state index contributed by atoms with van der Waals surface area (Å²) in [4.78, 5) is 12.2. The van der Waals surface area contributed by atoms with E-state index in [1.807, 2.05) is 6.92 Å². The summed E-state index contributed by atoms with van der Waals surface area (Å²) in [5.74, 6) is -0.876. The highest BCUT2D eigenvalue weighted by Gasteiger charge is 2.56. The summed E-state index contributed by atoms with van der Waals surface area (Å²) in [5.41, 5.74) is 1.65. The van der Waals surface area contributed by atoms with Crippen LogP contribution in [0.25, 0.3) is 0 Å². The van der Waals surface area contributed by atoms with Crippen LogP contribution >= 0.6 is 0 Å². The second-order valence-corrected chi connectivity index (χ2v) is 8.95. The van der Waals surface area contributed by atoms with Crippen molar-refractivity contribution in [2.75, 3.05) is 6.61 Å². The molecule has 0 aromatic rings. The molecule has 4 aliphatic rings. The van der Waals surface area contributed by atoms with Gasteiger partial charge in [0.15, 0.2) is 0 Å². The molecule has 168 valence electrons. The summed E-state index contributed by atoms with van der Waals surface area (Å²) >= 11 is 0. The van der Waals surface area contributed by atoms with Gasteiger partial charge in [-0.25, -0.2) is 0 Å². The van der Waals surface area contributed by atoms with Gasteiger partial charge in [-0.1, -0.05) is 19.1 Å². The highest BCUT2D eigenvalue weighted by atomic mass is 16.7. The van der Waals surface area contributed by atoms with E-state index in [-0.39, 0.29) is 23.7 Å². The maximum absolute atomic E-state index is 12.2. The molecule has 0 aromatic carbocycles. The van der Waals surface area contributed by atoms with E-state index in [1.165, 1.54) is 0 Å². The largest absolute Gasteiger partial charge is 0.466 e. The quantitative estimate of drug-likeness (QED) is 0.289. The molecule has 30 heavy (non-hydrogen) atoms. The smallest absolute Gasteiger partial charge is 0.309 e. The van der Waals surface area contributed by atoms with Crippen molar-refractivity contribution in [3.63, 3.8) is 0 Å². The number of fused-ring (bicyclic) bond motifs is 3. The number of aliphatic hydroxyl groups excluding tert-OH is 5. The van der Waals surface area contributed by atoms with E-state index in [0.717, 1.165) is 11.1 Å². The molecular formula is C21H30O9. The van der Waals surface area contributed by atoms with E-state index in [2.05, 4.69) is 6.58 Å². The van der Waals surface area contributed by atoms with Gasteiger partial charge in [-0.2, -0.15) is 0 Å². The molecule has 0 unspecified atom stereocenters. The fraction of sp³-hybridized carbons (Fsp3) is 0.762. The number of hydrogen-bond acceptors (Lipinski definition) is 9. The molecule has 5 N–H and O–H groups in total. The Kier molecular flexibility index (Phi) is 5.71. The van der Waals surface area contributed by atoms with Gasteiger partial charge in [0.2, 0.25) is 6.29 Å². The van der Waals surface area contributed by atoms with Gasteiger partial charge in [0, 0.05) is 18.3 Å². The van der Waals surface area contributed by atoms with E-state index in [0.29, 0.717) is 18.6 Å². The van der Waals surface area contributed by atoms with E-state index in [4.69, 9.17) is 14.2 Å². The van der Waals surface area contributed by atoms with Crippen molar-refractivity contribution in [2.24, 2.45) is 23.7 Å². The van der Waals surface area contributed by atoms with Gasteiger partial charge >= 0.3 is 5.97 Å². The number of esters is 1. The average molecular weight is 426 g/mol. The SMILES string of the molecule is C=C1C[C@@H](O)[C@H]2[C@@H](OC(=O)[C@H]2C)[C@H]2C(C)=C(O[C@@H]3O[C@H](CO)[C@@H](O)[C@H](O)[C@H]3O)C[C@@H]12. The third kappa shape index (κ3) is 3.28. The number of rotatable bonds is 3. The predicted molar refractivity (Wildman–Crippen MR) is 101 cm³/mol. The third-order valence-corrected chi connectivity index (χ3v) is 7.26. The van der Waals surface area contributed by atoms with Crippen LogP contribution < -0.4 is 0 Å². The third-order valence-electron chi connectivity index (χ3n) is 7.26. The molecule has 2 saturated heterocycles. The average Bonchev–Trinajstić information content (AvgIpc) is 3.15. The molecule has 1 saturated carbocycles. The van der Waals surface area contributed by atoms with Gasteiger partial charge in [0.1, 0.15) is 30.5 Å². The Balaban J connectivity index is 1.60. The van der Waals surface area contributed by atoms with E-state index in [1.54, 1.807) is 6.92 Å². The lowest BCUT2D eigenvalue weighted by Crippen LogP contribution is -2.59. The zero-order chi connectivity index (χ0) is 21.9. The maximum atomic E-state index is 12.2. The van der Waals surface area contributed by atoms with Crippen LogP contribution in [-0.4, -0.2) is 81.0 Å². The Morgan fingerprint density at radius 3 is 2.50 bits per heavy atom. The van der Waals surface area contributed by atoms with Crippen molar-refractivity contribution in [3.05, 3.63) is 23.5 Å². The standard InChI is InChI=1S/C21H30O9/c1-7-4-11(23)15-9(3)20(27)30-19(15)14-8(2)12(5-10(7)14)28-21-18(26)17(25)16(24)13(6-22)29-21/h9-11,13-19,21-26H,1,4-6H2,2-3H3/t9-,10-,11+,13+,14-,15-,16+,17-,18+,19-,21+/m0/s1. The van der Waals surface area contributed by atoms with Crippen molar-refractivity contribution in [1.29, 1.82) is 0 Å². The first kappa shape index (κ1) is 21.7. The lowest BCUT2D eigenvalue weighted by Gasteiger charge is -2.40. The van der Waals surface area contributed by atoms with Crippen LogP contribution in [0.2, 0.25) is 0 Å². The van der Waals surface area contributed by atoms with Crippen LogP contribution in [0.5, 0.6) is 0 Å². The second-order valence-electron chi connectivity index (χ2n) is 8.95. The van der Waals surface area contributed by atoms with Crippen LogP contribution in [-0.2, 0) is 19.0 Å². The number of allylic oxidation sites excluding steroid dienone is 1. The zero-order valence-electron chi connectivity index (χ0n) is 17.0. The molecule has 9 nitrogen and oxygen atoms in total. The highest BCUT2D eigenvalue weighted by Crippen LogP contribution is 2.53. The Morgan fingerprint density at radius 1 is 1.13 bits per heavy atom. The van der Waals surface area contributed by atoms with Crippen LogP contribution in [0.1, 0.15) is 26.7 Å². The molecule has 2 aliphatic heterocycles. The summed E-state index contributed by atoms with van der Waals surface area (Å²) in [5, 5.41) is 50.3. The fourth-order valence-corrected chi connectivity index (χ4v) is 5.48. The Morgan fingerprint density at radius 2 is 1.83 bits per heavy atom. The van der Waals surface area contributed by atoms with Crippen LogP contribution in [0, 0.1) is 23.7 Å². The van der Waals surface area contributed by atoms with Crippen LogP contribution in [0.3, 0.4) is 0 Å². The van der Waals surface area contributed by atoms with Gasteiger partial charge in [-0.05, 0) is 24.8 Å². The molecule has 9 heteroatoms. The summed E-state index contributed by atoms with van der Waals surface area (Å²) in [6.07, 6.45) is -7.25. The summed E-state index contributed by atoms with van der Waals surface area (Å²) in [6.45, 7) is 7.22. The van der Waals surface area contributed by atoms with E-state index >= 15 is 0 Å². The van der Waals surface area contributed by atoms with E-state index in [9.17, 15) is 30.3 Å². The number of aliphatic hydroxyl groups is 5. The second kappa shape index (κ2) is 7.89. The molecule has 2 aliphatic carbocycles. The summed E-state index contributed by atoms with van der Waals surface area (Å²) in [7, 11) is 0. The van der Waals surface area contributed by atoms with Gasteiger partial charge in [-0.3, -0.25) is 4.79 Å². The van der Waals surface area contributed by atoms with Gasteiger partial charge in [-0.15, -0.1) is 0 Å². The van der Waals surface area contributed by atoms with Crippen molar-refractivity contribution < 1.29 is 44.5 Å². The van der Waals surface area contributed by atoms with Crippen molar-refractivity contribution in [1.82, 2.24) is 0 Å². The van der Waals surface area contributed by atoms with E-state index < -0.39 is 55.4 Å². The fourth-order valence-electron chi connectivity index (χ4n) is 5.48. The highest BCUT2D eigenvalue weighted by molar-refractivity contribution is 5.75. The first-order valence-electron chi connectivity index (χ1n) is 10.4. The van der Waals surface area contributed by atoms with Gasteiger partial charge < -0.3 is 39.7 Å². The lowest BCUT2D eigenvalue weighted by molar-refractivity contribution is -0.292. The molecule has 0 aromatic heterocycles. The maximum Gasteiger partial charge on any atom is 0.309 e. The normalized spacial score (nSPS) is 48.8. The number of hydrogen-bond donors (Lipinski definition) is 5. The van der Waals surface area contributed by atoms with Gasteiger partial charge in [0.25, 0.3) is 0 Å². The molecule has 0 amide bonds. The summed E-state index contributed by atoms with van der Waals surface area (Å²) < 4.78 is 17.1. The minimum absolute atomic E-state index is 0.104. The lowest BCUT2D eigenvalue weighted by atomic mass is 9.78. The number of carbonyl (C=O) groups is 1. The molecule has 11 atom stereocenters. The molecule has 0 bridgehead atoms. The molecule has 3 fully saturated rings. The molecule has 0 radical (unpaired) electrons. The number of carbonyl (C=O) groups excluding carboxylic acids is 1. The first-order chi connectivity index (χ1) is 14.1. The zero-order valence-corrected chi connectivity index (χ0v) is 17.0.